The molecule has 0 aromatic rings. The fourth-order valence-corrected chi connectivity index (χ4v) is 0. The van der Waals surface area contributed by atoms with Gasteiger partial charge in [0.1, 0.15) is 0 Å². The third-order valence-electron chi connectivity index (χ3n) is 0. The van der Waals surface area contributed by atoms with Gasteiger partial charge in [-0.25, -0.2) is 1.24 Å². The molecule has 2 radical (unpaired) electrons. The Morgan fingerprint density at radius 2 is 1.50 bits per heavy atom. The molecule has 0 aromatic carbocycles. The molecule has 0 aliphatic rings. The zero-order valence-corrected chi connectivity index (χ0v) is 6.10. The van der Waals surface area contributed by atoms with Gasteiger partial charge in [-0.1, -0.05) is 0 Å². The van der Waals surface area contributed by atoms with Crippen molar-refractivity contribution in [3.8, 4) is 0 Å². The largest absolute Gasteiger partial charge is 0.246 e. The second-order valence-corrected chi connectivity index (χ2v) is 4.18. The van der Waals surface area contributed by atoms with Crippen LogP contribution in [0.15, 0.2) is 0 Å². The van der Waals surface area contributed by atoms with E-state index in [4.69, 9.17) is 7.98 Å². The van der Waals surface area contributed by atoms with Crippen molar-refractivity contribution in [3.05, 3.63) is 0 Å². The van der Waals surface area contributed by atoms with Gasteiger partial charge in [-0.05, 0) is 0 Å². The average Bonchev–Trinajstić information content (AvgIpc) is 0.811. The van der Waals surface area contributed by atoms with Gasteiger partial charge in [-0.2, -0.15) is 0 Å². The Balaban J connectivity index is 2.32. The van der Waals surface area contributed by atoms with Gasteiger partial charge >= 0.3 is 0 Å². The van der Waals surface area contributed by atoms with Crippen molar-refractivity contribution in [2.45, 2.75) is 0 Å². The van der Waals surface area contributed by atoms with E-state index in [0.29, 0.717) is 0 Å². The van der Waals surface area contributed by atoms with Gasteiger partial charge in [0.15, 0.2) is 0 Å². The van der Waals surface area contributed by atoms with Crippen LogP contribution in [0.25, 0.3) is 0 Å². The molecule has 0 bridgehead atoms. The van der Waals surface area contributed by atoms with Crippen molar-refractivity contribution in [1.29, 1.82) is 0 Å². The van der Waals surface area contributed by atoms with Crippen LogP contribution in [0.4, 0.5) is 0 Å². The Hall–Kier alpha value is 1.48. The first-order chi connectivity index (χ1) is 1.73. The maximum atomic E-state index is 4.92. The molecule has 22 valence electrons. The van der Waals surface area contributed by atoms with Gasteiger partial charge in [0.05, 0.1) is 0 Å². The Bertz CT molecular complexity index is 10.8. The van der Waals surface area contributed by atoms with Crippen LogP contribution in [0.2, 0.25) is 0 Å². The number of halogens is 2. The summed E-state index contributed by atoms with van der Waals surface area (Å²) >= 11 is 3.88. The highest BCUT2D eigenvalue weighted by atomic mass is 127. The molecule has 0 spiro atoms. The molecule has 0 aromatic heterocycles. The van der Waals surface area contributed by atoms with Gasteiger partial charge in [-0.15, -0.1) is 0 Å². The summed E-state index contributed by atoms with van der Waals surface area (Å²) in [5.41, 5.74) is 0. The molecular formula is BI2N. The fourth-order valence-electron chi connectivity index (χ4n) is 0. The summed E-state index contributed by atoms with van der Waals surface area (Å²) < 4.78 is 1.44. The molecule has 0 rings (SSSR count). The molecular weight excluding hydrogens is 279 g/mol. The first-order valence-corrected chi connectivity index (χ1v) is 2.53. The summed E-state index contributed by atoms with van der Waals surface area (Å²) in [5.74, 6) is 0. The molecule has 0 saturated heterocycles. The standard InChI is InChI=1S/BI2N/c1-4(2)3. The van der Waals surface area contributed by atoms with Crippen LogP contribution < -0.4 is 0 Å². The highest BCUT2D eigenvalue weighted by molar-refractivity contribution is 14.2. The lowest BCUT2D eigenvalue weighted by Crippen LogP contribution is -1.78. The third-order valence-corrected chi connectivity index (χ3v) is 0. The fraction of sp³-hybridized carbons (Fsp3) is 0. The van der Waals surface area contributed by atoms with Crippen LogP contribution in [0.3, 0.4) is 0 Å². The second-order valence-electron chi connectivity index (χ2n) is 0.259. The van der Waals surface area contributed by atoms with Crippen molar-refractivity contribution in [1.82, 2.24) is 1.24 Å². The van der Waals surface area contributed by atoms with E-state index in [9.17, 15) is 0 Å². The predicted molar refractivity (Wildman–Crippen MR) is 35.6 cm³/mol. The van der Waals surface area contributed by atoms with Crippen LogP contribution in [-0.4, -0.2) is 9.22 Å². The molecule has 0 aliphatic carbocycles. The van der Waals surface area contributed by atoms with E-state index in [1.165, 1.54) is 1.24 Å². The number of nitrogens with zero attached hydrogens (tertiary/aromatic N) is 1. The van der Waals surface area contributed by atoms with E-state index in [-0.39, 0.29) is 0 Å². The highest BCUT2D eigenvalue weighted by Gasteiger charge is 1.66. The molecule has 0 fully saturated rings. The Morgan fingerprint density at radius 3 is 1.50 bits per heavy atom. The first-order valence-electron chi connectivity index (χ1n) is 0.596. The maximum Gasteiger partial charge on any atom is 0.214 e. The number of hydrogen-bond donors (Lipinski definition) is 0. The van der Waals surface area contributed by atoms with Gasteiger partial charge in [0.2, 0.25) is 7.98 Å². The summed E-state index contributed by atoms with van der Waals surface area (Å²) in [6.45, 7) is 0. The lowest BCUT2D eigenvalue weighted by Gasteiger charge is -1.82. The highest BCUT2D eigenvalue weighted by Crippen LogP contribution is 1.96. The predicted octanol–water partition coefficient (Wildman–Crippen LogP) is 1.07. The molecule has 0 saturated carbocycles. The molecule has 0 aliphatic heterocycles. The average molecular weight is 279 g/mol. The zero-order chi connectivity index (χ0) is 3.58. The zero-order valence-electron chi connectivity index (χ0n) is 1.78. The van der Waals surface area contributed by atoms with Gasteiger partial charge in [0.25, 0.3) is 0 Å². The summed E-state index contributed by atoms with van der Waals surface area (Å²) in [7, 11) is 4.92. The molecule has 0 atom stereocenters. The topological polar surface area (TPSA) is 3.24 Å². The summed E-state index contributed by atoms with van der Waals surface area (Å²) in [4.78, 5) is 0. The number of hydrogen-bond acceptors (Lipinski definition) is 1. The summed E-state index contributed by atoms with van der Waals surface area (Å²) in [6.07, 6.45) is 0. The van der Waals surface area contributed by atoms with E-state index in [1.54, 1.807) is 0 Å². The van der Waals surface area contributed by atoms with Crippen molar-refractivity contribution in [3.63, 3.8) is 0 Å². The quantitative estimate of drug-likeness (QED) is 0.364. The van der Waals surface area contributed by atoms with E-state index >= 15 is 0 Å². The molecule has 4 heavy (non-hydrogen) atoms. The molecule has 0 amide bonds. The van der Waals surface area contributed by atoms with Gasteiger partial charge in [-0.3, -0.25) is 0 Å². The smallest absolute Gasteiger partial charge is 0.214 e. The second kappa shape index (κ2) is 2.71. The number of rotatable bonds is 0. The molecule has 0 unspecified atom stereocenters. The van der Waals surface area contributed by atoms with E-state index in [2.05, 4.69) is 0 Å². The van der Waals surface area contributed by atoms with Crippen LogP contribution in [0.5, 0.6) is 0 Å². The Morgan fingerprint density at radius 1 is 1.50 bits per heavy atom. The summed E-state index contributed by atoms with van der Waals surface area (Å²) in [5, 5.41) is 0. The minimum atomic E-state index is 1.44. The van der Waals surface area contributed by atoms with E-state index in [1.807, 2.05) is 45.7 Å². The van der Waals surface area contributed by atoms with Crippen LogP contribution >= 0.6 is 45.7 Å². The molecule has 0 heterocycles. The summed E-state index contributed by atoms with van der Waals surface area (Å²) in [6, 6.07) is 0. The normalized spacial score (nSPS) is 8.75. The monoisotopic (exact) mass is 279 g/mol. The van der Waals surface area contributed by atoms with Gasteiger partial charge in [0, 0.05) is 45.7 Å². The minimum absolute atomic E-state index is 1.44. The van der Waals surface area contributed by atoms with Crippen LogP contribution in [0, 0.1) is 0 Å². The van der Waals surface area contributed by atoms with E-state index in [0.717, 1.165) is 0 Å². The minimum Gasteiger partial charge on any atom is -0.246 e. The van der Waals surface area contributed by atoms with Crippen LogP contribution in [0.1, 0.15) is 0 Å². The van der Waals surface area contributed by atoms with Crippen molar-refractivity contribution >= 4 is 53.7 Å². The lowest BCUT2D eigenvalue weighted by molar-refractivity contribution is 1.45. The van der Waals surface area contributed by atoms with Gasteiger partial charge < -0.3 is 0 Å². The van der Waals surface area contributed by atoms with Crippen molar-refractivity contribution < 1.29 is 0 Å². The van der Waals surface area contributed by atoms with E-state index < -0.39 is 0 Å². The third kappa shape index (κ3) is 9.76. The molecule has 0 N–H and O–H groups in total. The molecule has 1 nitrogen and oxygen atoms in total. The lowest BCUT2D eigenvalue weighted by atomic mass is 10.5. The maximum absolute atomic E-state index is 4.92. The first kappa shape index (κ1) is 5.48. The van der Waals surface area contributed by atoms with Crippen molar-refractivity contribution in [2.75, 3.05) is 0 Å². The Kier molecular flexibility index (Phi) is 3.71. The van der Waals surface area contributed by atoms with Crippen molar-refractivity contribution in [2.24, 2.45) is 0 Å². The molecule has 4 heteroatoms. The van der Waals surface area contributed by atoms with Crippen LogP contribution in [-0.2, 0) is 0 Å². The Labute approximate surface area is 54.5 Å². The SMILES string of the molecule is [B]N(I)I.